The molecule has 1 N–H and O–H groups in total. The van der Waals surface area contributed by atoms with Crippen molar-refractivity contribution in [3.63, 3.8) is 0 Å². The van der Waals surface area contributed by atoms with Gasteiger partial charge in [0.15, 0.2) is 11.5 Å². The molecule has 0 unspecified atom stereocenters. The maximum Gasteiger partial charge on any atom is 0.328 e. The van der Waals surface area contributed by atoms with E-state index in [9.17, 15) is 4.79 Å². The number of fused-ring (bicyclic) bond motifs is 2. The van der Waals surface area contributed by atoms with Crippen molar-refractivity contribution < 1.29 is 19.4 Å². The van der Waals surface area contributed by atoms with Gasteiger partial charge in [0.25, 0.3) is 0 Å². The van der Waals surface area contributed by atoms with Gasteiger partial charge in [0, 0.05) is 27.4 Å². The number of hydrogen-bond acceptors (Lipinski definition) is 5. The standard InChI is InChI=1S/C18H18ClNS.C11H12O4.ClH/c1-20(2)11-5-7-14-15-6-3-4-8-17(15)21-18-10-9-13(19)12-16(14)18;1-14-9-5-3-8(4-6-11(12)13)7-10(9)15-2;/h3-4,6-10,12H,5,11H2,1-2H3;3-7H,1-2H3,(H,12,13);1H. The Morgan fingerprint density at radius 3 is 2.35 bits per heavy atom. The Morgan fingerprint density at radius 1 is 0.973 bits per heavy atom. The van der Waals surface area contributed by atoms with Crippen LogP contribution in [0.4, 0.5) is 0 Å². The van der Waals surface area contributed by atoms with Crippen molar-refractivity contribution in [1.29, 1.82) is 0 Å². The molecule has 1 heterocycles. The van der Waals surface area contributed by atoms with Crippen molar-refractivity contribution in [2.75, 3.05) is 34.9 Å². The van der Waals surface area contributed by atoms with Crippen LogP contribution in [0.1, 0.15) is 23.1 Å². The summed E-state index contributed by atoms with van der Waals surface area (Å²) in [5.41, 5.74) is 4.62. The minimum Gasteiger partial charge on any atom is -0.493 e. The van der Waals surface area contributed by atoms with Gasteiger partial charge < -0.3 is 19.5 Å². The van der Waals surface area contributed by atoms with Crippen LogP contribution in [0.2, 0.25) is 5.02 Å². The fourth-order valence-corrected chi connectivity index (χ4v) is 4.91. The fraction of sp³-hybridized carbons (Fsp3) is 0.207. The minimum atomic E-state index is -0.982. The van der Waals surface area contributed by atoms with Gasteiger partial charge in [-0.1, -0.05) is 53.7 Å². The Morgan fingerprint density at radius 2 is 1.68 bits per heavy atom. The zero-order chi connectivity index (χ0) is 26.1. The Hall–Kier alpha value is -2.90. The number of rotatable bonds is 7. The lowest BCUT2D eigenvalue weighted by Crippen LogP contribution is -2.12. The fourth-order valence-electron chi connectivity index (χ4n) is 3.65. The van der Waals surface area contributed by atoms with Gasteiger partial charge in [0.05, 0.1) is 14.2 Å². The lowest BCUT2D eigenvalue weighted by molar-refractivity contribution is -0.131. The van der Waals surface area contributed by atoms with Gasteiger partial charge in [-0.15, -0.1) is 12.4 Å². The molecule has 0 aliphatic carbocycles. The second-order valence-corrected chi connectivity index (χ2v) is 9.75. The topological polar surface area (TPSA) is 59.0 Å². The molecule has 3 aromatic carbocycles. The summed E-state index contributed by atoms with van der Waals surface area (Å²) < 4.78 is 10.1. The number of ether oxygens (including phenoxy) is 2. The molecule has 0 saturated heterocycles. The van der Waals surface area contributed by atoms with Crippen LogP contribution in [0.5, 0.6) is 11.5 Å². The second kappa shape index (κ2) is 14.7. The van der Waals surface area contributed by atoms with Gasteiger partial charge in [-0.25, -0.2) is 4.79 Å². The van der Waals surface area contributed by atoms with E-state index in [0.29, 0.717) is 11.5 Å². The van der Waals surface area contributed by atoms with Crippen LogP contribution < -0.4 is 9.47 Å². The van der Waals surface area contributed by atoms with E-state index >= 15 is 0 Å². The predicted molar refractivity (Wildman–Crippen MR) is 156 cm³/mol. The zero-order valence-electron chi connectivity index (χ0n) is 21.2. The van der Waals surface area contributed by atoms with Crippen molar-refractivity contribution in [2.24, 2.45) is 0 Å². The Balaban J connectivity index is 0.000000268. The summed E-state index contributed by atoms with van der Waals surface area (Å²) in [6.07, 6.45) is 5.94. The zero-order valence-corrected chi connectivity index (χ0v) is 23.6. The van der Waals surface area contributed by atoms with Gasteiger partial charge in [-0.2, -0.15) is 0 Å². The average molecular weight is 561 g/mol. The molecule has 0 radical (unpaired) electrons. The largest absolute Gasteiger partial charge is 0.493 e. The molecule has 0 aromatic heterocycles. The first-order valence-corrected chi connectivity index (χ1v) is 12.6. The smallest absolute Gasteiger partial charge is 0.328 e. The van der Waals surface area contributed by atoms with Crippen LogP contribution in [0.25, 0.3) is 11.6 Å². The SMILES string of the molecule is CN(C)CCC=C1c2ccccc2Sc2ccc(Cl)cc21.COc1ccc(C=CC(=O)O)cc1OC.Cl. The number of carboxylic acids is 1. The highest BCUT2D eigenvalue weighted by atomic mass is 35.5. The van der Waals surface area contributed by atoms with Crippen LogP contribution in [0.3, 0.4) is 0 Å². The summed E-state index contributed by atoms with van der Waals surface area (Å²) >= 11 is 8.03. The van der Waals surface area contributed by atoms with Gasteiger partial charge in [0.1, 0.15) is 0 Å². The molecule has 0 saturated carbocycles. The van der Waals surface area contributed by atoms with Crippen LogP contribution in [-0.4, -0.2) is 50.8 Å². The molecule has 37 heavy (non-hydrogen) atoms. The first-order valence-electron chi connectivity index (χ1n) is 11.4. The van der Waals surface area contributed by atoms with Gasteiger partial charge in [0.2, 0.25) is 0 Å². The molecule has 0 fully saturated rings. The number of carbonyl (C=O) groups is 1. The van der Waals surface area contributed by atoms with E-state index < -0.39 is 5.97 Å². The molecule has 1 aliphatic rings. The van der Waals surface area contributed by atoms with Gasteiger partial charge in [-0.3, -0.25) is 0 Å². The van der Waals surface area contributed by atoms with Crippen LogP contribution in [-0.2, 0) is 4.79 Å². The third-order valence-electron chi connectivity index (χ3n) is 5.38. The summed E-state index contributed by atoms with van der Waals surface area (Å²) in [6.45, 7) is 1.05. The molecule has 0 atom stereocenters. The van der Waals surface area contributed by atoms with E-state index in [4.69, 9.17) is 26.2 Å². The van der Waals surface area contributed by atoms with Crippen molar-refractivity contribution >= 4 is 53.4 Å². The summed E-state index contributed by atoms with van der Waals surface area (Å²) in [4.78, 5) is 15.1. The molecule has 4 rings (SSSR count). The summed E-state index contributed by atoms with van der Waals surface area (Å²) in [5.74, 6) is 0.208. The summed E-state index contributed by atoms with van der Waals surface area (Å²) in [7, 11) is 7.29. The highest BCUT2D eigenvalue weighted by Crippen LogP contribution is 2.46. The van der Waals surface area contributed by atoms with Crippen LogP contribution >= 0.6 is 35.8 Å². The van der Waals surface area contributed by atoms with Crippen molar-refractivity contribution in [2.45, 2.75) is 16.2 Å². The molecule has 0 bridgehead atoms. The Labute approximate surface area is 234 Å². The van der Waals surface area contributed by atoms with Crippen molar-refractivity contribution in [3.05, 3.63) is 94.5 Å². The Bertz CT molecular complexity index is 1270. The summed E-state index contributed by atoms with van der Waals surface area (Å²) in [5, 5.41) is 9.26. The molecule has 0 amide bonds. The Kier molecular flexibility index (Phi) is 12.1. The van der Waals surface area contributed by atoms with Crippen LogP contribution in [0.15, 0.2) is 82.6 Å². The van der Waals surface area contributed by atoms with Crippen molar-refractivity contribution in [1.82, 2.24) is 4.90 Å². The van der Waals surface area contributed by atoms with Crippen LogP contribution in [0, 0.1) is 0 Å². The normalized spacial score (nSPS) is 12.8. The van der Waals surface area contributed by atoms with E-state index in [2.05, 4.69) is 61.5 Å². The maximum atomic E-state index is 10.3. The quantitative estimate of drug-likeness (QED) is 0.238. The lowest BCUT2D eigenvalue weighted by atomic mass is 9.96. The van der Waals surface area contributed by atoms with E-state index in [0.717, 1.165) is 29.6 Å². The molecule has 3 aromatic rings. The first-order chi connectivity index (χ1) is 17.3. The van der Waals surface area contributed by atoms with Gasteiger partial charge >= 0.3 is 5.97 Å². The number of carboxylic acid groups (broad SMARTS) is 1. The van der Waals surface area contributed by atoms with E-state index in [1.54, 1.807) is 25.3 Å². The maximum absolute atomic E-state index is 10.3. The van der Waals surface area contributed by atoms with Gasteiger partial charge in [-0.05, 0) is 85.3 Å². The molecular formula is C29H31Cl2NO4S. The highest BCUT2D eigenvalue weighted by Gasteiger charge is 2.20. The number of methoxy groups -OCH3 is 2. The van der Waals surface area contributed by atoms with Crippen molar-refractivity contribution in [3.8, 4) is 11.5 Å². The first kappa shape index (κ1) is 30.3. The third-order valence-corrected chi connectivity index (χ3v) is 6.77. The number of aliphatic carboxylic acids is 1. The molecular weight excluding hydrogens is 529 g/mol. The molecule has 196 valence electrons. The number of benzene rings is 3. The molecule has 1 aliphatic heterocycles. The summed E-state index contributed by atoms with van der Waals surface area (Å²) in [6, 6.07) is 20.0. The minimum absolute atomic E-state index is 0. The van der Waals surface area contributed by atoms with E-state index in [1.807, 2.05) is 17.8 Å². The number of halogens is 2. The third kappa shape index (κ3) is 8.58. The monoisotopic (exact) mass is 559 g/mol. The molecule has 8 heteroatoms. The highest BCUT2D eigenvalue weighted by molar-refractivity contribution is 7.99. The average Bonchev–Trinajstić information content (AvgIpc) is 2.87. The predicted octanol–water partition coefficient (Wildman–Crippen LogP) is 7.41. The number of nitrogens with zero attached hydrogens (tertiary/aromatic N) is 1. The van der Waals surface area contributed by atoms with E-state index in [-0.39, 0.29) is 12.4 Å². The van der Waals surface area contributed by atoms with E-state index in [1.165, 1.54) is 39.7 Å². The lowest BCUT2D eigenvalue weighted by Gasteiger charge is -2.22. The molecule has 5 nitrogen and oxygen atoms in total. The second-order valence-electron chi connectivity index (χ2n) is 8.23. The molecule has 0 spiro atoms. The number of hydrogen-bond donors (Lipinski definition) is 1.